The zero-order valence-corrected chi connectivity index (χ0v) is 11.0. The summed E-state index contributed by atoms with van der Waals surface area (Å²) in [6.45, 7) is 1.57. The van der Waals surface area contributed by atoms with E-state index in [2.05, 4.69) is 9.40 Å². The van der Waals surface area contributed by atoms with Crippen molar-refractivity contribution in [3.05, 3.63) is 35.9 Å². The smallest absolute Gasteiger partial charge is 0.419 e. The third-order valence-corrected chi connectivity index (χ3v) is 3.68. The van der Waals surface area contributed by atoms with E-state index < -0.39 is 17.2 Å². The maximum atomic E-state index is 13.9. The highest BCUT2D eigenvalue weighted by atomic mass is 127. The summed E-state index contributed by atoms with van der Waals surface area (Å²) in [5.41, 5.74) is -0.384. The Kier molecular flexibility index (Phi) is 2.94. The van der Waals surface area contributed by atoms with Crippen molar-refractivity contribution in [2.75, 3.05) is 7.11 Å². The summed E-state index contributed by atoms with van der Waals surface area (Å²) >= 11 is 1.76. The number of H-pyrrole nitrogens is 1. The van der Waals surface area contributed by atoms with Gasteiger partial charge in [-0.15, -0.1) is 0 Å². The Morgan fingerprint density at radius 3 is 2.65 bits per heavy atom. The number of aryl methyl sites for hydroxylation is 1. The van der Waals surface area contributed by atoms with Crippen molar-refractivity contribution in [3.8, 4) is 5.75 Å². The first-order valence-corrected chi connectivity index (χ1v) is 5.64. The van der Waals surface area contributed by atoms with Crippen molar-refractivity contribution in [2.24, 2.45) is 0 Å². The molecule has 0 amide bonds. The van der Waals surface area contributed by atoms with Crippen LogP contribution in [0.3, 0.4) is 0 Å². The first kappa shape index (κ1) is 12.1. The van der Waals surface area contributed by atoms with Gasteiger partial charge in [0, 0.05) is 0 Å². The molecule has 2 aromatic rings. The minimum absolute atomic E-state index is 0.0177. The van der Waals surface area contributed by atoms with Crippen LogP contribution >= 0.6 is 22.6 Å². The molecule has 0 saturated heterocycles. The van der Waals surface area contributed by atoms with Crippen LogP contribution in [0.25, 0.3) is 10.9 Å². The van der Waals surface area contributed by atoms with Crippen LogP contribution in [0.15, 0.2) is 14.0 Å². The highest BCUT2D eigenvalue weighted by Gasteiger charge is 2.20. The number of fused-ring (bicyclic) bond motifs is 1. The van der Waals surface area contributed by atoms with Crippen LogP contribution in [0.5, 0.6) is 5.75 Å². The molecule has 0 radical (unpaired) electrons. The molecular formula is C10H7FINO4. The van der Waals surface area contributed by atoms with E-state index in [1.807, 2.05) is 0 Å². The van der Waals surface area contributed by atoms with Gasteiger partial charge in [-0.3, -0.25) is 4.98 Å². The Morgan fingerprint density at radius 2 is 2.06 bits per heavy atom. The minimum Gasteiger partial charge on any atom is -0.492 e. The molecule has 0 spiro atoms. The van der Waals surface area contributed by atoms with E-state index in [0.717, 1.165) is 0 Å². The van der Waals surface area contributed by atoms with E-state index in [9.17, 15) is 14.0 Å². The normalized spacial score (nSPS) is 10.8. The average Bonchev–Trinajstić information content (AvgIpc) is 2.26. The Morgan fingerprint density at radius 1 is 1.41 bits per heavy atom. The molecule has 1 N–H and O–H groups in total. The number of benzene rings is 1. The molecule has 90 valence electrons. The summed E-state index contributed by atoms with van der Waals surface area (Å²) in [4.78, 5) is 24.9. The molecule has 1 aromatic carbocycles. The number of nitrogens with one attached hydrogen (secondary N) is 1. The largest absolute Gasteiger partial charge is 0.492 e. The van der Waals surface area contributed by atoms with Gasteiger partial charge in [-0.2, -0.15) is 0 Å². The molecule has 0 bridgehead atoms. The number of aromatic nitrogens is 1. The lowest BCUT2D eigenvalue weighted by Gasteiger charge is -2.09. The highest BCUT2D eigenvalue weighted by molar-refractivity contribution is 14.1. The molecule has 0 aliphatic carbocycles. The molecule has 0 saturated carbocycles. The van der Waals surface area contributed by atoms with Crippen molar-refractivity contribution in [1.82, 2.24) is 4.98 Å². The first-order valence-electron chi connectivity index (χ1n) is 4.56. The van der Waals surface area contributed by atoms with E-state index in [1.165, 1.54) is 7.11 Å². The molecule has 1 aromatic heterocycles. The lowest BCUT2D eigenvalue weighted by atomic mass is 10.1. The lowest BCUT2D eigenvalue weighted by Crippen LogP contribution is -2.17. The maximum absolute atomic E-state index is 13.9. The van der Waals surface area contributed by atoms with Crippen molar-refractivity contribution in [3.63, 3.8) is 0 Å². The van der Waals surface area contributed by atoms with Crippen LogP contribution in [-0.2, 0) is 0 Å². The number of rotatable bonds is 1. The van der Waals surface area contributed by atoms with Gasteiger partial charge < -0.3 is 9.15 Å². The molecule has 2 rings (SSSR count). The minimum atomic E-state index is -0.944. The van der Waals surface area contributed by atoms with Crippen molar-refractivity contribution < 1.29 is 13.5 Å². The van der Waals surface area contributed by atoms with Crippen LogP contribution in [0.1, 0.15) is 5.56 Å². The summed E-state index contributed by atoms with van der Waals surface area (Å²) < 4.78 is 23.4. The van der Waals surface area contributed by atoms with Gasteiger partial charge in [0.15, 0.2) is 11.6 Å². The van der Waals surface area contributed by atoms with Crippen molar-refractivity contribution in [1.29, 1.82) is 0 Å². The molecule has 0 aliphatic heterocycles. The molecule has 0 unspecified atom stereocenters. The van der Waals surface area contributed by atoms with Gasteiger partial charge >= 0.3 is 11.4 Å². The second kappa shape index (κ2) is 4.13. The Bertz CT molecular complexity index is 719. The zero-order valence-electron chi connectivity index (χ0n) is 8.89. The van der Waals surface area contributed by atoms with Gasteiger partial charge in [0.2, 0.25) is 0 Å². The van der Waals surface area contributed by atoms with Crippen LogP contribution in [0.2, 0.25) is 0 Å². The summed E-state index contributed by atoms with van der Waals surface area (Å²) in [6.07, 6.45) is 0. The number of halogens is 2. The highest BCUT2D eigenvalue weighted by Crippen LogP contribution is 2.31. The fourth-order valence-corrected chi connectivity index (χ4v) is 2.13. The van der Waals surface area contributed by atoms with Crippen LogP contribution < -0.4 is 16.1 Å². The fraction of sp³-hybridized carbons (Fsp3) is 0.200. The van der Waals surface area contributed by atoms with Gasteiger partial charge in [-0.25, -0.2) is 14.0 Å². The molecule has 7 heteroatoms. The van der Waals surface area contributed by atoms with Crippen LogP contribution in [0, 0.1) is 16.3 Å². The Balaban J connectivity index is 3.18. The van der Waals surface area contributed by atoms with E-state index in [4.69, 9.17) is 4.74 Å². The summed E-state index contributed by atoms with van der Waals surface area (Å²) in [5.74, 6) is -1.72. The number of ether oxygens (including phenoxy) is 1. The van der Waals surface area contributed by atoms with E-state index in [-0.39, 0.29) is 20.2 Å². The maximum Gasteiger partial charge on any atom is 0.419 e. The monoisotopic (exact) mass is 351 g/mol. The van der Waals surface area contributed by atoms with Crippen molar-refractivity contribution >= 4 is 33.5 Å². The quantitative estimate of drug-likeness (QED) is 0.792. The SMILES string of the molecule is COc1c(F)c(I)c(C)c2c(=O)oc(=O)[nH]c12. The predicted molar refractivity (Wildman–Crippen MR) is 67.1 cm³/mol. The summed E-state index contributed by atoms with van der Waals surface area (Å²) in [6, 6.07) is 0. The molecular weight excluding hydrogens is 344 g/mol. The lowest BCUT2D eigenvalue weighted by molar-refractivity contribution is 0.386. The summed E-state index contributed by atoms with van der Waals surface area (Å²) in [5, 5.41) is 0.118. The van der Waals surface area contributed by atoms with E-state index in [1.54, 1.807) is 29.5 Å². The summed E-state index contributed by atoms with van der Waals surface area (Å²) in [7, 11) is 1.26. The van der Waals surface area contributed by atoms with Gasteiger partial charge in [-0.1, -0.05) is 0 Å². The number of aromatic amines is 1. The van der Waals surface area contributed by atoms with E-state index in [0.29, 0.717) is 5.56 Å². The molecule has 5 nitrogen and oxygen atoms in total. The molecule has 1 heterocycles. The fourth-order valence-electron chi connectivity index (χ4n) is 1.61. The van der Waals surface area contributed by atoms with Gasteiger partial charge in [0.05, 0.1) is 16.1 Å². The molecule has 0 fully saturated rings. The molecule has 0 atom stereocenters. The second-order valence-electron chi connectivity index (χ2n) is 3.34. The standard InChI is InChI=1S/C10H7FINO4/c1-3-4-7(13-10(15)17-9(4)14)8(16-2)5(11)6(3)12/h1-2H3,(H,13,15). The first-order chi connectivity index (χ1) is 7.97. The topological polar surface area (TPSA) is 72.3 Å². The number of hydrogen-bond acceptors (Lipinski definition) is 4. The third kappa shape index (κ3) is 1.74. The van der Waals surface area contributed by atoms with Crippen molar-refractivity contribution in [2.45, 2.75) is 6.92 Å². The predicted octanol–water partition coefficient (Wildman–Crippen LogP) is 1.54. The third-order valence-electron chi connectivity index (χ3n) is 2.39. The molecule has 0 aliphatic rings. The Labute approximate surface area is 108 Å². The number of methoxy groups -OCH3 is 1. The molecule has 17 heavy (non-hydrogen) atoms. The Hall–Kier alpha value is -1.38. The van der Waals surface area contributed by atoms with Crippen LogP contribution in [0.4, 0.5) is 4.39 Å². The number of hydrogen-bond donors (Lipinski definition) is 1. The average molecular weight is 351 g/mol. The van der Waals surface area contributed by atoms with Crippen LogP contribution in [-0.4, -0.2) is 12.1 Å². The van der Waals surface area contributed by atoms with Gasteiger partial charge in [0.1, 0.15) is 5.52 Å². The van der Waals surface area contributed by atoms with E-state index >= 15 is 0 Å². The van der Waals surface area contributed by atoms with Gasteiger partial charge in [0.25, 0.3) is 0 Å². The second-order valence-corrected chi connectivity index (χ2v) is 4.42. The zero-order chi connectivity index (χ0) is 12.7. The van der Waals surface area contributed by atoms with Gasteiger partial charge in [-0.05, 0) is 35.1 Å².